The molecule has 0 spiro atoms. The minimum Gasteiger partial charge on any atom is -0.355 e. The number of hydrogen-bond donors (Lipinski definition) is 2. The first-order chi connectivity index (χ1) is 8.66. The van der Waals surface area contributed by atoms with E-state index in [1.807, 2.05) is 0 Å². The van der Waals surface area contributed by atoms with Gasteiger partial charge in [0.1, 0.15) is 0 Å². The van der Waals surface area contributed by atoms with Crippen molar-refractivity contribution < 1.29 is 4.79 Å². The molecule has 104 valence electrons. The normalized spacial score (nSPS) is 33.6. The summed E-state index contributed by atoms with van der Waals surface area (Å²) >= 11 is 0. The van der Waals surface area contributed by atoms with Crippen LogP contribution >= 0.6 is 0 Å². The minimum absolute atomic E-state index is 0.132. The molecule has 0 aromatic rings. The van der Waals surface area contributed by atoms with Crippen molar-refractivity contribution in [2.75, 3.05) is 26.2 Å². The summed E-state index contributed by atoms with van der Waals surface area (Å²) in [4.78, 5) is 14.6. The molecule has 3 atom stereocenters. The molecule has 1 saturated heterocycles. The van der Waals surface area contributed by atoms with E-state index in [1.165, 1.54) is 25.9 Å². The summed E-state index contributed by atoms with van der Waals surface area (Å²) in [6.45, 7) is 6.36. The predicted octanol–water partition coefficient (Wildman–Crippen LogP) is 0.962. The Morgan fingerprint density at radius 3 is 2.78 bits per heavy atom. The lowest BCUT2D eigenvalue weighted by atomic mass is 9.78. The van der Waals surface area contributed by atoms with Crippen molar-refractivity contribution in [2.45, 2.75) is 45.1 Å². The number of rotatable bonds is 4. The fourth-order valence-electron chi connectivity index (χ4n) is 3.19. The van der Waals surface area contributed by atoms with Gasteiger partial charge in [0, 0.05) is 25.0 Å². The summed E-state index contributed by atoms with van der Waals surface area (Å²) < 4.78 is 0. The summed E-state index contributed by atoms with van der Waals surface area (Å²) in [6, 6.07) is 0.218. The second kappa shape index (κ2) is 6.53. The van der Waals surface area contributed by atoms with Gasteiger partial charge in [0.2, 0.25) is 5.91 Å². The van der Waals surface area contributed by atoms with E-state index in [9.17, 15) is 4.79 Å². The second-order valence-electron chi connectivity index (χ2n) is 6.00. The summed E-state index contributed by atoms with van der Waals surface area (Å²) in [7, 11) is 0. The predicted molar refractivity (Wildman–Crippen MR) is 73.2 cm³/mol. The van der Waals surface area contributed by atoms with Gasteiger partial charge in [-0.3, -0.25) is 4.79 Å². The van der Waals surface area contributed by atoms with Crippen LogP contribution in [0.4, 0.5) is 0 Å². The molecule has 3 N–H and O–H groups in total. The highest BCUT2D eigenvalue weighted by Crippen LogP contribution is 2.29. The van der Waals surface area contributed by atoms with Crippen molar-refractivity contribution in [3.05, 3.63) is 0 Å². The highest BCUT2D eigenvalue weighted by molar-refractivity contribution is 5.79. The number of likely N-dealkylation sites (tertiary alicyclic amines) is 1. The molecule has 3 unspecified atom stereocenters. The molecular weight excluding hydrogens is 226 g/mol. The number of nitrogens with one attached hydrogen (secondary N) is 1. The lowest BCUT2D eigenvalue weighted by Gasteiger charge is -2.31. The Hall–Kier alpha value is -0.610. The number of nitrogens with zero attached hydrogens (tertiary/aromatic N) is 1. The molecule has 2 aliphatic rings. The Morgan fingerprint density at radius 2 is 2.06 bits per heavy atom. The first kappa shape index (κ1) is 13.8. The van der Waals surface area contributed by atoms with Crippen LogP contribution in [0.15, 0.2) is 0 Å². The van der Waals surface area contributed by atoms with Gasteiger partial charge in [0.15, 0.2) is 0 Å². The van der Waals surface area contributed by atoms with Gasteiger partial charge in [-0.25, -0.2) is 0 Å². The van der Waals surface area contributed by atoms with E-state index in [0.717, 1.165) is 32.4 Å². The highest BCUT2D eigenvalue weighted by atomic mass is 16.1. The average Bonchev–Trinajstić information content (AvgIpc) is 2.85. The molecule has 1 amide bonds. The third kappa shape index (κ3) is 3.69. The van der Waals surface area contributed by atoms with Crippen molar-refractivity contribution >= 4 is 5.91 Å². The fourth-order valence-corrected chi connectivity index (χ4v) is 3.19. The van der Waals surface area contributed by atoms with E-state index in [0.29, 0.717) is 5.92 Å². The topological polar surface area (TPSA) is 58.4 Å². The van der Waals surface area contributed by atoms with Gasteiger partial charge >= 0.3 is 0 Å². The zero-order valence-corrected chi connectivity index (χ0v) is 11.5. The van der Waals surface area contributed by atoms with Crippen LogP contribution in [0.3, 0.4) is 0 Å². The molecule has 1 heterocycles. The number of nitrogens with two attached hydrogens (primary N) is 1. The van der Waals surface area contributed by atoms with Gasteiger partial charge in [-0.2, -0.15) is 0 Å². The average molecular weight is 253 g/mol. The van der Waals surface area contributed by atoms with E-state index in [1.54, 1.807) is 0 Å². The van der Waals surface area contributed by atoms with E-state index in [4.69, 9.17) is 5.73 Å². The largest absolute Gasteiger partial charge is 0.355 e. The van der Waals surface area contributed by atoms with Crippen LogP contribution in [-0.4, -0.2) is 43.0 Å². The van der Waals surface area contributed by atoms with Crippen LogP contribution < -0.4 is 11.1 Å². The van der Waals surface area contributed by atoms with Gasteiger partial charge < -0.3 is 16.0 Å². The maximum absolute atomic E-state index is 12.1. The van der Waals surface area contributed by atoms with Crippen LogP contribution in [0.1, 0.15) is 39.0 Å². The summed E-state index contributed by atoms with van der Waals surface area (Å²) in [5.41, 5.74) is 5.97. The zero-order chi connectivity index (χ0) is 13.0. The number of amides is 1. The standard InChI is InChI=1S/C14H27N3O/c1-11-4-5-12(15)10-13(11)14(18)16-6-9-17-7-2-3-8-17/h11-13H,2-10,15H2,1H3,(H,16,18). The van der Waals surface area contributed by atoms with Crippen LogP contribution in [-0.2, 0) is 4.79 Å². The molecule has 18 heavy (non-hydrogen) atoms. The smallest absolute Gasteiger partial charge is 0.223 e. The van der Waals surface area contributed by atoms with Gasteiger partial charge in [-0.1, -0.05) is 6.92 Å². The SMILES string of the molecule is CC1CCC(N)CC1C(=O)NCCN1CCCC1. The van der Waals surface area contributed by atoms with Gasteiger partial charge in [-0.05, 0) is 51.1 Å². The lowest BCUT2D eigenvalue weighted by molar-refractivity contribution is -0.127. The maximum atomic E-state index is 12.1. The summed E-state index contributed by atoms with van der Waals surface area (Å²) in [5, 5.41) is 3.09. The van der Waals surface area contributed by atoms with Gasteiger partial charge in [0.25, 0.3) is 0 Å². The van der Waals surface area contributed by atoms with Crippen LogP contribution in [0.25, 0.3) is 0 Å². The van der Waals surface area contributed by atoms with Gasteiger partial charge in [-0.15, -0.1) is 0 Å². The second-order valence-corrected chi connectivity index (χ2v) is 6.00. The molecule has 2 rings (SSSR count). The quantitative estimate of drug-likeness (QED) is 0.784. The fraction of sp³-hybridized carbons (Fsp3) is 0.929. The third-order valence-electron chi connectivity index (χ3n) is 4.50. The number of carbonyl (C=O) groups excluding carboxylic acids is 1. The Bertz CT molecular complexity index is 276. The molecule has 0 aromatic heterocycles. The van der Waals surface area contributed by atoms with E-state index >= 15 is 0 Å². The molecule has 1 aliphatic carbocycles. The molecule has 2 fully saturated rings. The summed E-state index contributed by atoms with van der Waals surface area (Å²) in [6.07, 6.45) is 5.63. The monoisotopic (exact) mass is 253 g/mol. The van der Waals surface area contributed by atoms with E-state index in [-0.39, 0.29) is 17.9 Å². The Balaban J connectivity index is 1.69. The van der Waals surface area contributed by atoms with Crippen LogP contribution in [0.5, 0.6) is 0 Å². The first-order valence-corrected chi connectivity index (χ1v) is 7.42. The van der Waals surface area contributed by atoms with Crippen molar-refractivity contribution in [2.24, 2.45) is 17.6 Å². The Kier molecular flexibility index (Phi) is 5.01. The maximum Gasteiger partial charge on any atom is 0.223 e. The molecule has 0 aromatic carbocycles. The Morgan fingerprint density at radius 1 is 1.33 bits per heavy atom. The van der Waals surface area contributed by atoms with Gasteiger partial charge in [0.05, 0.1) is 0 Å². The van der Waals surface area contributed by atoms with E-state index in [2.05, 4.69) is 17.1 Å². The molecule has 0 radical (unpaired) electrons. The molecule has 1 aliphatic heterocycles. The molecule has 4 heteroatoms. The molecule has 1 saturated carbocycles. The summed E-state index contributed by atoms with van der Waals surface area (Å²) in [5.74, 6) is 0.834. The van der Waals surface area contributed by atoms with Crippen molar-refractivity contribution in [1.29, 1.82) is 0 Å². The molecule has 0 bridgehead atoms. The third-order valence-corrected chi connectivity index (χ3v) is 4.50. The highest BCUT2D eigenvalue weighted by Gasteiger charge is 2.31. The Labute approximate surface area is 110 Å². The minimum atomic E-state index is 0.132. The van der Waals surface area contributed by atoms with Crippen molar-refractivity contribution in [1.82, 2.24) is 10.2 Å². The first-order valence-electron chi connectivity index (χ1n) is 7.42. The molecular formula is C14H27N3O. The van der Waals surface area contributed by atoms with Crippen molar-refractivity contribution in [3.63, 3.8) is 0 Å². The zero-order valence-electron chi connectivity index (χ0n) is 11.5. The van der Waals surface area contributed by atoms with Crippen LogP contribution in [0, 0.1) is 11.8 Å². The van der Waals surface area contributed by atoms with Crippen LogP contribution in [0.2, 0.25) is 0 Å². The molecule has 4 nitrogen and oxygen atoms in total. The van der Waals surface area contributed by atoms with E-state index < -0.39 is 0 Å². The number of hydrogen-bond acceptors (Lipinski definition) is 3. The van der Waals surface area contributed by atoms with Crippen molar-refractivity contribution in [3.8, 4) is 0 Å². The lowest BCUT2D eigenvalue weighted by Crippen LogP contribution is -2.43. The number of carbonyl (C=O) groups is 1.